The lowest BCUT2D eigenvalue weighted by atomic mass is 9.96. The van der Waals surface area contributed by atoms with Crippen molar-refractivity contribution < 1.29 is 4.79 Å². The fraction of sp³-hybridized carbons (Fsp3) is 0.611. The topological polar surface area (TPSA) is 44.4 Å². The Morgan fingerprint density at radius 2 is 2.09 bits per heavy atom. The first-order valence-corrected chi connectivity index (χ1v) is 8.14. The number of halogens is 1. The zero-order valence-electron chi connectivity index (χ0n) is 14.9. The Kier molecular flexibility index (Phi) is 6.90. The summed E-state index contributed by atoms with van der Waals surface area (Å²) < 4.78 is 0. The first-order chi connectivity index (χ1) is 10.3. The molecule has 5 heteroatoms. The van der Waals surface area contributed by atoms with E-state index >= 15 is 0 Å². The van der Waals surface area contributed by atoms with E-state index < -0.39 is 0 Å². The van der Waals surface area contributed by atoms with E-state index in [9.17, 15) is 4.79 Å². The van der Waals surface area contributed by atoms with Crippen LogP contribution in [-0.4, -0.2) is 43.0 Å². The molecule has 0 aromatic heterocycles. The fourth-order valence-electron chi connectivity index (χ4n) is 2.71. The second kappa shape index (κ2) is 8.02. The lowest BCUT2D eigenvalue weighted by molar-refractivity contribution is 0.0708. The number of hydrogen-bond donors (Lipinski definition) is 2. The van der Waals surface area contributed by atoms with Crippen LogP contribution >= 0.6 is 12.4 Å². The third kappa shape index (κ3) is 5.40. The average Bonchev–Trinajstić information content (AvgIpc) is 2.44. The van der Waals surface area contributed by atoms with Crippen LogP contribution in [0.1, 0.15) is 43.6 Å². The van der Waals surface area contributed by atoms with Crippen LogP contribution in [0, 0.1) is 12.3 Å². The van der Waals surface area contributed by atoms with Gasteiger partial charge in [0.05, 0.1) is 0 Å². The van der Waals surface area contributed by atoms with Crippen LogP contribution in [0.5, 0.6) is 0 Å². The molecule has 0 spiro atoms. The molecule has 0 saturated carbocycles. The molecule has 1 aliphatic heterocycles. The van der Waals surface area contributed by atoms with Gasteiger partial charge in [0, 0.05) is 43.5 Å². The molecule has 2 N–H and O–H groups in total. The Balaban J connectivity index is 0.00000264. The second-order valence-corrected chi connectivity index (χ2v) is 7.50. The van der Waals surface area contributed by atoms with Crippen LogP contribution in [0.3, 0.4) is 0 Å². The van der Waals surface area contributed by atoms with Crippen LogP contribution in [-0.2, 0) is 0 Å². The maximum absolute atomic E-state index is 12.8. The molecule has 0 bridgehead atoms. The summed E-state index contributed by atoms with van der Waals surface area (Å²) in [5.74, 6) is 0.144. The number of amides is 1. The van der Waals surface area contributed by atoms with E-state index in [-0.39, 0.29) is 23.7 Å². The summed E-state index contributed by atoms with van der Waals surface area (Å²) in [6.07, 6.45) is 0. The molecular weight excluding hydrogens is 310 g/mol. The zero-order chi connectivity index (χ0) is 16.3. The number of hydrogen-bond acceptors (Lipinski definition) is 3. The monoisotopic (exact) mass is 339 g/mol. The van der Waals surface area contributed by atoms with Crippen LogP contribution in [0.25, 0.3) is 0 Å². The van der Waals surface area contributed by atoms with Gasteiger partial charge in [-0.2, -0.15) is 0 Å². The van der Waals surface area contributed by atoms with Crippen molar-refractivity contribution in [3.05, 3.63) is 29.3 Å². The molecule has 2 rings (SSSR count). The molecule has 1 aromatic rings. The molecule has 1 aromatic carbocycles. The van der Waals surface area contributed by atoms with Crippen molar-refractivity contribution in [3.8, 4) is 0 Å². The minimum absolute atomic E-state index is 0. The van der Waals surface area contributed by atoms with E-state index in [4.69, 9.17) is 0 Å². The molecule has 23 heavy (non-hydrogen) atoms. The third-order valence-electron chi connectivity index (χ3n) is 4.03. The molecule has 0 unspecified atom stereocenters. The summed E-state index contributed by atoms with van der Waals surface area (Å²) in [6.45, 7) is 14.1. The van der Waals surface area contributed by atoms with E-state index in [0.717, 1.165) is 43.0 Å². The summed E-state index contributed by atoms with van der Waals surface area (Å²) in [5, 5.41) is 6.85. The van der Waals surface area contributed by atoms with E-state index in [1.165, 1.54) is 0 Å². The SMILES string of the molecule is Cc1c(NCC(C)(C)C)cccc1C(=O)N1CCN[C@H](C)C1.Cl. The van der Waals surface area contributed by atoms with Crippen molar-refractivity contribution >= 4 is 24.0 Å². The molecule has 1 saturated heterocycles. The number of piperazine rings is 1. The van der Waals surface area contributed by atoms with Crippen LogP contribution in [0.15, 0.2) is 18.2 Å². The number of anilines is 1. The molecule has 1 heterocycles. The smallest absolute Gasteiger partial charge is 0.254 e. The maximum Gasteiger partial charge on any atom is 0.254 e. The molecule has 130 valence electrons. The number of nitrogens with one attached hydrogen (secondary N) is 2. The molecule has 1 amide bonds. The van der Waals surface area contributed by atoms with Crippen molar-refractivity contribution in [2.45, 2.75) is 40.7 Å². The van der Waals surface area contributed by atoms with Gasteiger partial charge in [-0.25, -0.2) is 0 Å². The van der Waals surface area contributed by atoms with Crippen molar-refractivity contribution in [2.24, 2.45) is 5.41 Å². The van der Waals surface area contributed by atoms with Gasteiger partial charge in [0.1, 0.15) is 0 Å². The number of rotatable bonds is 3. The Morgan fingerprint density at radius 1 is 1.39 bits per heavy atom. The van der Waals surface area contributed by atoms with Gasteiger partial charge in [-0.1, -0.05) is 26.8 Å². The van der Waals surface area contributed by atoms with Gasteiger partial charge in [-0.3, -0.25) is 4.79 Å². The summed E-state index contributed by atoms with van der Waals surface area (Å²) >= 11 is 0. The minimum Gasteiger partial charge on any atom is -0.384 e. The lowest BCUT2D eigenvalue weighted by Crippen LogP contribution is -2.51. The minimum atomic E-state index is 0. The predicted octanol–water partition coefficient (Wildman–Crippen LogP) is 3.31. The van der Waals surface area contributed by atoms with E-state index in [1.54, 1.807) is 0 Å². The highest BCUT2D eigenvalue weighted by Gasteiger charge is 2.23. The van der Waals surface area contributed by atoms with Gasteiger partial charge < -0.3 is 15.5 Å². The standard InChI is InChI=1S/C18H29N3O.ClH/c1-13-11-21(10-9-19-13)17(22)15-7-6-8-16(14(15)2)20-12-18(3,4)5;/h6-8,13,19-20H,9-12H2,1-5H3;1H/t13-;/m1./s1. The highest BCUT2D eigenvalue weighted by atomic mass is 35.5. The van der Waals surface area contributed by atoms with Gasteiger partial charge in [0.15, 0.2) is 0 Å². The molecule has 0 aliphatic carbocycles. The first-order valence-electron chi connectivity index (χ1n) is 8.14. The Labute approximate surface area is 146 Å². The maximum atomic E-state index is 12.8. The highest BCUT2D eigenvalue weighted by Crippen LogP contribution is 2.23. The Hall–Kier alpha value is -1.26. The number of benzene rings is 1. The van der Waals surface area contributed by atoms with Gasteiger partial charge in [-0.15, -0.1) is 12.4 Å². The molecule has 4 nitrogen and oxygen atoms in total. The van der Waals surface area contributed by atoms with Gasteiger partial charge >= 0.3 is 0 Å². The summed E-state index contributed by atoms with van der Waals surface area (Å²) in [5.41, 5.74) is 3.13. The lowest BCUT2D eigenvalue weighted by Gasteiger charge is -2.32. The third-order valence-corrected chi connectivity index (χ3v) is 4.03. The number of nitrogens with zero attached hydrogens (tertiary/aromatic N) is 1. The largest absolute Gasteiger partial charge is 0.384 e. The van der Waals surface area contributed by atoms with Crippen molar-refractivity contribution in [2.75, 3.05) is 31.5 Å². The average molecular weight is 340 g/mol. The van der Waals surface area contributed by atoms with Crippen molar-refractivity contribution in [1.82, 2.24) is 10.2 Å². The van der Waals surface area contributed by atoms with Crippen molar-refractivity contribution in [3.63, 3.8) is 0 Å². The first kappa shape index (κ1) is 19.8. The van der Waals surface area contributed by atoms with Gasteiger partial charge in [-0.05, 0) is 37.0 Å². The van der Waals surface area contributed by atoms with E-state index in [1.807, 2.05) is 24.0 Å². The molecular formula is C18H30ClN3O. The molecule has 0 radical (unpaired) electrons. The van der Waals surface area contributed by atoms with Crippen molar-refractivity contribution in [1.29, 1.82) is 0 Å². The molecule has 1 aliphatic rings. The van der Waals surface area contributed by atoms with Crippen LogP contribution in [0.4, 0.5) is 5.69 Å². The number of carbonyl (C=O) groups is 1. The van der Waals surface area contributed by atoms with Gasteiger partial charge in [0.25, 0.3) is 5.91 Å². The fourth-order valence-corrected chi connectivity index (χ4v) is 2.71. The summed E-state index contributed by atoms with van der Waals surface area (Å²) in [7, 11) is 0. The van der Waals surface area contributed by atoms with Gasteiger partial charge in [0.2, 0.25) is 0 Å². The van der Waals surface area contributed by atoms with Crippen LogP contribution in [0.2, 0.25) is 0 Å². The zero-order valence-corrected chi connectivity index (χ0v) is 15.7. The summed E-state index contributed by atoms with van der Waals surface area (Å²) in [4.78, 5) is 14.7. The molecule has 1 atom stereocenters. The predicted molar refractivity (Wildman–Crippen MR) is 99.7 cm³/mol. The normalized spacial score (nSPS) is 18.3. The highest BCUT2D eigenvalue weighted by molar-refractivity contribution is 5.97. The van der Waals surface area contributed by atoms with Crippen LogP contribution < -0.4 is 10.6 Å². The Morgan fingerprint density at radius 3 is 2.70 bits per heavy atom. The van der Waals surface area contributed by atoms with E-state index in [2.05, 4.69) is 44.4 Å². The summed E-state index contributed by atoms with van der Waals surface area (Å²) in [6, 6.07) is 6.32. The Bertz CT molecular complexity index is 540. The number of carbonyl (C=O) groups excluding carboxylic acids is 1. The molecule has 1 fully saturated rings. The second-order valence-electron chi connectivity index (χ2n) is 7.50. The van der Waals surface area contributed by atoms with E-state index in [0.29, 0.717) is 6.04 Å². The quantitative estimate of drug-likeness (QED) is 0.888.